The predicted molar refractivity (Wildman–Crippen MR) is 79.6 cm³/mol. The standard InChI is InChI=1S/C16H28O2Si/c1-4-19(5-2,6-3)18-16-9-12-7-13(10-16)15(17)14(8-12)11-16/h12-14H,4-11H2,1-3H3. The van der Waals surface area contributed by atoms with Crippen molar-refractivity contribution < 1.29 is 9.22 Å². The number of hydrogen-bond donors (Lipinski definition) is 0. The van der Waals surface area contributed by atoms with Crippen LogP contribution in [0.4, 0.5) is 0 Å². The minimum absolute atomic E-state index is 0.110. The highest BCUT2D eigenvalue weighted by molar-refractivity contribution is 6.73. The molecule has 0 aromatic carbocycles. The molecule has 4 rings (SSSR count). The Kier molecular flexibility index (Phi) is 3.41. The van der Waals surface area contributed by atoms with Crippen molar-refractivity contribution >= 4 is 14.1 Å². The van der Waals surface area contributed by atoms with Crippen LogP contribution in [0.5, 0.6) is 0 Å². The topological polar surface area (TPSA) is 26.3 Å². The Morgan fingerprint density at radius 1 is 1.05 bits per heavy atom. The van der Waals surface area contributed by atoms with Gasteiger partial charge in [0.15, 0.2) is 8.32 Å². The fourth-order valence-electron chi connectivity index (χ4n) is 5.23. The van der Waals surface area contributed by atoms with E-state index in [0.29, 0.717) is 17.6 Å². The van der Waals surface area contributed by atoms with Crippen LogP contribution in [0, 0.1) is 17.8 Å². The van der Waals surface area contributed by atoms with Gasteiger partial charge in [0.2, 0.25) is 0 Å². The smallest absolute Gasteiger partial charge is 0.192 e. The summed E-state index contributed by atoms with van der Waals surface area (Å²) in [5.41, 5.74) is 0.110. The molecule has 2 atom stereocenters. The molecule has 0 spiro atoms. The average molecular weight is 280 g/mol. The molecule has 3 heteroatoms. The van der Waals surface area contributed by atoms with Gasteiger partial charge in [-0.1, -0.05) is 20.8 Å². The maximum absolute atomic E-state index is 12.2. The zero-order valence-corrected chi connectivity index (χ0v) is 13.7. The minimum Gasteiger partial charge on any atom is -0.411 e. The third-order valence-corrected chi connectivity index (χ3v) is 11.0. The summed E-state index contributed by atoms with van der Waals surface area (Å²) in [7, 11) is -1.54. The van der Waals surface area contributed by atoms with Crippen molar-refractivity contribution in [2.24, 2.45) is 17.8 Å². The van der Waals surface area contributed by atoms with Crippen LogP contribution >= 0.6 is 0 Å². The Hall–Kier alpha value is -0.153. The summed E-state index contributed by atoms with van der Waals surface area (Å²) in [5.74, 6) is 2.06. The summed E-state index contributed by atoms with van der Waals surface area (Å²) in [6.07, 6.45) is 5.68. The van der Waals surface area contributed by atoms with E-state index in [1.807, 2.05) is 0 Å². The summed E-state index contributed by atoms with van der Waals surface area (Å²) in [6, 6.07) is 3.70. The fraction of sp³-hybridized carbons (Fsp3) is 0.938. The molecule has 0 saturated heterocycles. The van der Waals surface area contributed by atoms with Crippen LogP contribution in [-0.2, 0) is 9.22 Å². The lowest BCUT2D eigenvalue weighted by molar-refractivity contribution is -0.157. The van der Waals surface area contributed by atoms with Crippen LogP contribution in [0.2, 0.25) is 18.1 Å². The number of carbonyl (C=O) groups is 1. The molecule has 2 unspecified atom stereocenters. The second-order valence-electron chi connectivity index (χ2n) is 7.27. The maximum atomic E-state index is 12.2. The van der Waals surface area contributed by atoms with Crippen molar-refractivity contribution in [1.82, 2.24) is 0 Å². The molecule has 2 nitrogen and oxygen atoms in total. The fourth-order valence-corrected chi connectivity index (χ4v) is 8.33. The van der Waals surface area contributed by atoms with Crippen LogP contribution in [0.1, 0.15) is 52.9 Å². The van der Waals surface area contributed by atoms with Gasteiger partial charge in [0, 0.05) is 11.8 Å². The van der Waals surface area contributed by atoms with E-state index in [9.17, 15) is 4.79 Å². The Bertz CT molecular complexity index is 349. The average Bonchev–Trinajstić information content (AvgIpc) is 2.41. The monoisotopic (exact) mass is 280 g/mol. The first-order valence-electron chi connectivity index (χ1n) is 8.29. The van der Waals surface area contributed by atoms with Gasteiger partial charge in [-0.2, -0.15) is 0 Å². The molecule has 108 valence electrons. The lowest BCUT2D eigenvalue weighted by atomic mass is 9.54. The number of carbonyl (C=O) groups excluding carboxylic acids is 1. The van der Waals surface area contributed by atoms with E-state index in [1.54, 1.807) is 0 Å². The highest BCUT2D eigenvalue weighted by Gasteiger charge is 2.57. The van der Waals surface area contributed by atoms with Gasteiger partial charge in [0.25, 0.3) is 0 Å². The quantitative estimate of drug-likeness (QED) is 0.707. The second-order valence-corrected chi connectivity index (χ2v) is 12.0. The summed E-state index contributed by atoms with van der Waals surface area (Å²) >= 11 is 0. The second kappa shape index (κ2) is 4.69. The van der Waals surface area contributed by atoms with Gasteiger partial charge in [-0.15, -0.1) is 0 Å². The van der Waals surface area contributed by atoms with Crippen molar-refractivity contribution in [1.29, 1.82) is 0 Å². The van der Waals surface area contributed by atoms with Gasteiger partial charge >= 0.3 is 0 Å². The number of rotatable bonds is 5. The molecule has 4 fully saturated rings. The summed E-state index contributed by atoms with van der Waals surface area (Å²) in [4.78, 5) is 12.2. The first kappa shape index (κ1) is 13.8. The molecule has 19 heavy (non-hydrogen) atoms. The van der Waals surface area contributed by atoms with Crippen molar-refractivity contribution in [3.63, 3.8) is 0 Å². The van der Waals surface area contributed by atoms with Crippen LogP contribution in [0.15, 0.2) is 0 Å². The number of Topliss-reactive ketones (excluding diaryl/α,β-unsaturated/α-hetero) is 1. The Balaban J connectivity index is 1.83. The summed E-state index contributed by atoms with van der Waals surface area (Å²) in [5, 5.41) is 0. The van der Waals surface area contributed by atoms with E-state index in [0.717, 1.165) is 18.8 Å². The van der Waals surface area contributed by atoms with E-state index in [2.05, 4.69) is 20.8 Å². The lowest BCUT2D eigenvalue weighted by Crippen LogP contribution is -2.60. The normalized spacial score (nSPS) is 41.0. The zero-order valence-electron chi connectivity index (χ0n) is 12.7. The predicted octanol–water partition coefficient (Wildman–Crippen LogP) is 4.16. The number of hydrogen-bond acceptors (Lipinski definition) is 2. The van der Waals surface area contributed by atoms with Gasteiger partial charge in [0.05, 0.1) is 5.60 Å². The molecule has 4 aliphatic carbocycles. The Morgan fingerprint density at radius 2 is 1.58 bits per heavy atom. The third-order valence-electron chi connectivity index (χ3n) is 6.30. The van der Waals surface area contributed by atoms with Crippen LogP contribution in [0.3, 0.4) is 0 Å². The third kappa shape index (κ3) is 2.13. The Labute approximate surface area is 118 Å². The maximum Gasteiger partial charge on any atom is 0.192 e. The molecule has 0 aromatic rings. The molecular weight excluding hydrogens is 252 g/mol. The SMILES string of the molecule is CC[Si](CC)(CC)OC12CC3CC(C1)C(=O)C(C3)C2. The highest BCUT2D eigenvalue weighted by Crippen LogP contribution is 2.56. The molecule has 0 amide bonds. The van der Waals surface area contributed by atoms with Gasteiger partial charge in [0.1, 0.15) is 5.78 Å². The molecule has 0 N–H and O–H groups in total. The molecule has 0 radical (unpaired) electrons. The first-order valence-corrected chi connectivity index (χ1v) is 10.8. The molecule has 4 saturated carbocycles. The van der Waals surface area contributed by atoms with Crippen LogP contribution in [0.25, 0.3) is 0 Å². The summed E-state index contributed by atoms with van der Waals surface area (Å²) < 4.78 is 6.92. The van der Waals surface area contributed by atoms with Gasteiger partial charge in [-0.05, 0) is 56.2 Å². The molecule has 0 heterocycles. The van der Waals surface area contributed by atoms with E-state index >= 15 is 0 Å². The zero-order chi connectivity index (χ0) is 13.7. The van der Waals surface area contributed by atoms with Crippen molar-refractivity contribution in [2.75, 3.05) is 0 Å². The van der Waals surface area contributed by atoms with Crippen molar-refractivity contribution in [3.05, 3.63) is 0 Å². The van der Waals surface area contributed by atoms with Gasteiger partial charge in [-0.3, -0.25) is 4.79 Å². The molecule has 0 aromatic heterocycles. The van der Waals surface area contributed by atoms with Gasteiger partial charge in [-0.25, -0.2) is 0 Å². The molecule has 4 aliphatic rings. The molecule has 4 bridgehead atoms. The van der Waals surface area contributed by atoms with Gasteiger partial charge < -0.3 is 4.43 Å². The minimum atomic E-state index is -1.54. The van der Waals surface area contributed by atoms with E-state index in [1.165, 1.54) is 37.4 Å². The van der Waals surface area contributed by atoms with Crippen molar-refractivity contribution in [3.8, 4) is 0 Å². The van der Waals surface area contributed by atoms with Crippen LogP contribution in [-0.4, -0.2) is 19.7 Å². The summed E-state index contributed by atoms with van der Waals surface area (Å²) in [6.45, 7) is 6.93. The largest absolute Gasteiger partial charge is 0.411 e. The number of ketones is 1. The van der Waals surface area contributed by atoms with Crippen molar-refractivity contribution in [2.45, 2.75) is 76.6 Å². The lowest BCUT2D eigenvalue weighted by Gasteiger charge is -2.57. The van der Waals surface area contributed by atoms with E-state index < -0.39 is 8.32 Å². The van der Waals surface area contributed by atoms with E-state index in [4.69, 9.17) is 4.43 Å². The van der Waals surface area contributed by atoms with Crippen LogP contribution < -0.4 is 0 Å². The molecule has 0 aliphatic heterocycles. The first-order chi connectivity index (χ1) is 9.05. The Morgan fingerprint density at radius 3 is 2.05 bits per heavy atom. The van der Waals surface area contributed by atoms with E-state index in [-0.39, 0.29) is 5.60 Å². The highest BCUT2D eigenvalue weighted by atomic mass is 28.4. The molecular formula is C16H28O2Si.